The number of halogens is 4. The van der Waals surface area contributed by atoms with Crippen molar-refractivity contribution in [2.45, 2.75) is 13.1 Å². The van der Waals surface area contributed by atoms with Gasteiger partial charge in [-0.25, -0.2) is 9.48 Å². The maximum atomic E-state index is 12.9. The molecule has 1 aromatic heterocycles. The summed E-state index contributed by atoms with van der Waals surface area (Å²) in [6, 6.07) is 11.1. The number of ether oxygens (including phenoxy) is 1. The van der Waals surface area contributed by atoms with E-state index in [-0.39, 0.29) is 23.7 Å². The van der Waals surface area contributed by atoms with E-state index in [1.165, 1.54) is 16.8 Å². The lowest BCUT2D eigenvalue weighted by Gasteiger charge is -2.11. The average molecular weight is 410 g/mol. The zero-order valence-electron chi connectivity index (χ0n) is 14.6. The van der Waals surface area contributed by atoms with Crippen LogP contribution in [0.25, 0.3) is 16.9 Å². The van der Waals surface area contributed by atoms with Crippen LogP contribution in [0.4, 0.5) is 18.9 Å². The van der Waals surface area contributed by atoms with Gasteiger partial charge in [-0.3, -0.25) is 0 Å². The van der Waals surface area contributed by atoms with Gasteiger partial charge in [0.25, 0.3) is 0 Å². The topological polar surface area (TPSA) is 70.1 Å². The Hall–Kier alpha value is -3.00. The van der Waals surface area contributed by atoms with Gasteiger partial charge >= 0.3 is 12.1 Å². The summed E-state index contributed by atoms with van der Waals surface area (Å²) in [7, 11) is 0. The number of carbonyl (C=O) groups excluding carboxylic acids is 1. The molecule has 28 heavy (non-hydrogen) atoms. The highest BCUT2D eigenvalue weighted by atomic mass is 35.5. The average Bonchev–Trinajstić information content (AvgIpc) is 2.99. The highest BCUT2D eigenvalue weighted by Gasteiger charge is 2.31. The predicted octanol–water partition coefficient (Wildman–Crippen LogP) is 4.97. The van der Waals surface area contributed by atoms with Crippen LogP contribution in [0.3, 0.4) is 0 Å². The smallest absolute Gasteiger partial charge is 0.416 e. The fourth-order valence-electron chi connectivity index (χ4n) is 2.67. The molecule has 0 aliphatic rings. The molecule has 0 unspecified atom stereocenters. The SMILES string of the molecule is CCOC(=O)c1nn(-c2ccccc2Cl)c(-c2ccc(C(F)(F)F)cc2)c1N. The van der Waals surface area contributed by atoms with Crippen molar-refractivity contribution in [1.82, 2.24) is 9.78 Å². The molecule has 0 atom stereocenters. The molecule has 1 heterocycles. The zero-order valence-corrected chi connectivity index (χ0v) is 15.4. The predicted molar refractivity (Wildman–Crippen MR) is 99.4 cm³/mol. The van der Waals surface area contributed by atoms with E-state index in [1.807, 2.05) is 0 Å². The molecule has 2 aromatic carbocycles. The number of nitrogens with zero attached hydrogens (tertiary/aromatic N) is 2. The molecule has 0 bridgehead atoms. The first-order valence-electron chi connectivity index (χ1n) is 8.22. The largest absolute Gasteiger partial charge is 0.461 e. The van der Waals surface area contributed by atoms with E-state index in [1.54, 1.807) is 31.2 Å². The maximum Gasteiger partial charge on any atom is 0.416 e. The number of esters is 1. The molecule has 0 saturated heterocycles. The van der Waals surface area contributed by atoms with Crippen LogP contribution in [0, 0.1) is 0 Å². The second-order valence-corrected chi connectivity index (χ2v) is 6.18. The summed E-state index contributed by atoms with van der Waals surface area (Å²) < 4.78 is 44.9. The maximum absolute atomic E-state index is 12.9. The van der Waals surface area contributed by atoms with Gasteiger partial charge in [-0.15, -0.1) is 0 Å². The first-order chi connectivity index (χ1) is 13.2. The lowest BCUT2D eigenvalue weighted by atomic mass is 10.1. The minimum atomic E-state index is -4.47. The fourth-order valence-corrected chi connectivity index (χ4v) is 2.89. The Kier molecular flexibility index (Phi) is 5.33. The van der Waals surface area contributed by atoms with Crippen LogP contribution < -0.4 is 5.73 Å². The second-order valence-electron chi connectivity index (χ2n) is 5.77. The van der Waals surface area contributed by atoms with Gasteiger partial charge in [0.1, 0.15) is 0 Å². The number of aromatic nitrogens is 2. The molecule has 3 aromatic rings. The summed E-state index contributed by atoms with van der Waals surface area (Å²) in [4.78, 5) is 12.2. The van der Waals surface area contributed by atoms with Crippen LogP contribution >= 0.6 is 11.6 Å². The van der Waals surface area contributed by atoms with Crippen molar-refractivity contribution in [1.29, 1.82) is 0 Å². The number of anilines is 1. The third-order valence-corrected chi connectivity index (χ3v) is 4.28. The van der Waals surface area contributed by atoms with Crippen molar-refractivity contribution in [2.75, 3.05) is 12.3 Å². The summed E-state index contributed by atoms with van der Waals surface area (Å²) in [5.74, 6) is -0.737. The van der Waals surface area contributed by atoms with E-state index in [2.05, 4.69) is 5.10 Å². The van der Waals surface area contributed by atoms with Gasteiger partial charge in [0.15, 0.2) is 5.69 Å². The number of alkyl halides is 3. The summed E-state index contributed by atoms with van der Waals surface area (Å²) in [6.45, 7) is 1.75. The van der Waals surface area contributed by atoms with Crippen molar-refractivity contribution in [3.8, 4) is 16.9 Å². The molecule has 2 N–H and O–H groups in total. The van der Waals surface area contributed by atoms with Gasteiger partial charge in [0.05, 0.1) is 34.3 Å². The van der Waals surface area contributed by atoms with Crippen molar-refractivity contribution < 1.29 is 22.7 Å². The molecule has 0 aliphatic heterocycles. The van der Waals surface area contributed by atoms with Gasteiger partial charge in [0, 0.05) is 5.56 Å². The van der Waals surface area contributed by atoms with Crippen LogP contribution in [0.5, 0.6) is 0 Å². The Morgan fingerprint density at radius 2 is 1.82 bits per heavy atom. The Labute approximate surface area is 163 Å². The summed E-state index contributed by atoms with van der Waals surface area (Å²) >= 11 is 6.24. The number of benzene rings is 2. The third kappa shape index (κ3) is 3.68. The number of carbonyl (C=O) groups is 1. The molecule has 9 heteroatoms. The molecule has 0 fully saturated rings. The van der Waals surface area contributed by atoms with Crippen molar-refractivity contribution in [2.24, 2.45) is 0 Å². The molecule has 0 radical (unpaired) electrons. The lowest BCUT2D eigenvalue weighted by Crippen LogP contribution is -2.08. The molecular formula is C19H15ClF3N3O2. The van der Waals surface area contributed by atoms with Crippen LogP contribution in [0.15, 0.2) is 48.5 Å². The quantitative estimate of drug-likeness (QED) is 0.617. The van der Waals surface area contributed by atoms with E-state index in [0.29, 0.717) is 16.3 Å². The van der Waals surface area contributed by atoms with Crippen LogP contribution in [-0.2, 0) is 10.9 Å². The lowest BCUT2D eigenvalue weighted by molar-refractivity contribution is -0.137. The summed E-state index contributed by atoms with van der Waals surface area (Å²) in [5, 5.41) is 4.54. The van der Waals surface area contributed by atoms with Gasteiger partial charge in [0.2, 0.25) is 0 Å². The number of hydrogen-bond donors (Lipinski definition) is 1. The molecule has 3 rings (SSSR count). The Bertz CT molecular complexity index is 1010. The van der Waals surface area contributed by atoms with Gasteiger partial charge in [-0.1, -0.05) is 35.9 Å². The van der Waals surface area contributed by atoms with Crippen LogP contribution in [0.1, 0.15) is 23.0 Å². The van der Waals surface area contributed by atoms with E-state index in [9.17, 15) is 18.0 Å². The Morgan fingerprint density at radius 1 is 1.18 bits per heavy atom. The number of nitrogens with two attached hydrogens (primary N) is 1. The number of rotatable bonds is 4. The van der Waals surface area contributed by atoms with Crippen LogP contribution in [0.2, 0.25) is 5.02 Å². The molecular weight excluding hydrogens is 395 g/mol. The highest BCUT2D eigenvalue weighted by molar-refractivity contribution is 6.32. The van der Waals surface area contributed by atoms with Crippen molar-refractivity contribution >= 4 is 23.3 Å². The molecule has 146 valence electrons. The summed E-state index contributed by atoms with van der Waals surface area (Å²) in [5.41, 5.74) is 6.17. The number of hydrogen-bond acceptors (Lipinski definition) is 4. The first-order valence-corrected chi connectivity index (χ1v) is 8.60. The normalized spacial score (nSPS) is 11.5. The van der Waals surface area contributed by atoms with Gasteiger partial charge in [-0.05, 0) is 31.2 Å². The fraction of sp³-hybridized carbons (Fsp3) is 0.158. The van der Waals surface area contributed by atoms with Crippen LogP contribution in [-0.4, -0.2) is 22.4 Å². The molecule has 0 amide bonds. The molecule has 0 aliphatic carbocycles. The zero-order chi connectivity index (χ0) is 20.5. The first kappa shape index (κ1) is 19.8. The Morgan fingerprint density at radius 3 is 2.39 bits per heavy atom. The van der Waals surface area contributed by atoms with Gasteiger partial charge < -0.3 is 10.5 Å². The summed E-state index contributed by atoms with van der Waals surface area (Å²) in [6.07, 6.45) is -4.47. The Balaban J connectivity index is 2.21. The highest BCUT2D eigenvalue weighted by Crippen LogP contribution is 2.36. The molecule has 5 nitrogen and oxygen atoms in total. The monoisotopic (exact) mass is 409 g/mol. The van der Waals surface area contributed by atoms with E-state index in [4.69, 9.17) is 22.1 Å². The van der Waals surface area contributed by atoms with E-state index in [0.717, 1.165) is 12.1 Å². The minimum Gasteiger partial charge on any atom is -0.461 e. The van der Waals surface area contributed by atoms with Crippen molar-refractivity contribution in [3.05, 3.63) is 64.8 Å². The van der Waals surface area contributed by atoms with Gasteiger partial charge in [-0.2, -0.15) is 18.3 Å². The van der Waals surface area contributed by atoms with Crippen molar-refractivity contribution in [3.63, 3.8) is 0 Å². The minimum absolute atomic E-state index is 0.0156. The number of nitrogen functional groups attached to an aromatic ring is 1. The second kappa shape index (κ2) is 7.55. The molecule has 0 saturated carbocycles. The van der Waals surface area contributed by atoms with E-state index >= 15 is 0 Å². The standard InChI is InChI=1S/C19H15ClF3N3O2/c1-2-28-18(27)16-15(24)17(11-7-9-12(10-8-11)19(21,22)23)26(25-16)14-6-4-3-5-13(14)20/h3-10H,2,24H2,1H3. The number of para-hydroxylation sites is 1. The van der Waals surface area contributed by atoms with E-state index < -0.39 is 17.7 Å². The molecule has 0 spiro atoms. The third-order valence-electron chi connectivity index (χ3n) is 3.96.